The minimum atomic E-state index is -0.0956. The van der Waals surface area contributed by atoms with Crippen LogP contribution >= 0.6 is 0 Å². The van der Waals surface area contributed by atoms with Crippen LogP contribution in [-0.4, -0.2) is 40.2 Å². The summed E-state index contributed by atoms with van der Waals surface area (Å²) in [6.07, 6.45) is 3.69. The molecule has 3 atom stereocenters. The van der Waals surface area contributed by atoms with Gasteiger partial charge in [-0.05, 0) is 55.5 Å². The van der Waals surface area contributed by atoms with Gasteiger partial charge in [-0.2, -0.15) is 0 Å². The van der Waals surface area contributed by atoms with Crippen LogP contribution in [-0.2, 0) is 11.2 Å². The number of carbonyl (C=O) groups is 1. The lowest BCUT2D eigenvalue weighted by Crippen LogP contribution is -2.57. The Hall–Kier alpha value is -1.75. The number of benzene rings is 1. The van der Waals surface area contributed by atoms with Crippen LogP contribution in [0.4, 0.5) is 0 Å². The van der Waals surface area contributed by atoms with E-state index in [2.05, 4.69) is 5.32 Å². The number of hydrogen-bond acceptors (Lipinski definition) is 4. The summed E-state index contributed by atoms with van der Waals surface area (Å²) in [6.45, 7) is 1.69. The lowest BCUT2D eigenvalue weighted by atomic mass is 9.77. The SMILES string of the molecule is O=C1C2CCCNC2CC2c3cc(O)c(O)cc3CCN12. The van der Waals surface area contributed by atoms with Crippen LogP contribution in [0.3, 0.4) is 0 Å². The Kier molecular flexibility index (Phi) is 2.85. The summed E-state index contributed by atoms with van der Waals surface area (Å²) in [5.74, 6) is 0.198. The first kappa shape index (κ1) is 13.0. The van der Waals surface area contributed by atoms with Crippen LogP contribution in [0.1, 0.15) is 36.4 Å². The van der Waals surface area contributed by atoms with Crippen LogP contribution in [0, 0.1) is 5.92 Å². The summed E-state index contributed by atoms with van der Waals surface area (Å²) in [6, 6.07) is 3.55. The van der Waals surface area contributed by atoms with Gasteiger partial charge in [-0.15, -0.1) is 0 Å². The third-order valence-electron chi connectivity index (χ3n) is 5.26. The maximum atomic E-state index is 12.7. The number of hydrogen-bond donors (Lipinski definition) is 3. The maximum Gasteiger partial charge on any atom is 0.227 e. The van der Waals surface area contributed by atoms with Crippen molar-refractivity contribution in [1.29, 1.82) is 0 Å². The lowest BCUT2D eigenvalue weighted by molar-refractivity contribution is -0.145. The van der Waals surface area contributed by atoms with E-state index in [1.165, 1.54) is 0 Å². The maximum absolute atomic E-state index is 12.7. The summed E-state index contributed by atoms with van der Waals surface area (Å²) in [5.41, 5.74) is 2.05. The van der Waals surface area contributed by atoms with E-state index < -0.39 is 0 Å². The fraction of sp³-hybridized carbons (Fsp3) is 0.562. The Morgan fingerprint density at radius 2 is 2.05 bits per heavy atom. The number of fused-ring (bicyclic) bond motifs is 4. The van der Waals surface area contributed by atoms with Crippen molar-refractivity contribution in [1.82, 2.24) is 10.2 Å². The number of nitrogens with zero attached hydrogens (tertiary/aromatic N) is 1. The number of nitrogens with one attached hydrogen (secondary N) is 1. The average Bonchev–Trinajstić information content (AvgIpc) is 2.49. The topological polar surface area (TPSA) is 72.8 Å². The van der Waals surface area contributed by atoms with Crippen molar-refractivity contribution in [3.63, 3.8) is 0 Å². The molecule has 0 aromatic heterocycles. The molecule has 3 heterocycles. The molecule has 21 heavy (non-hydrogen) atoms. The number of piperidine rings is 2. The Labute approximate surface area is 123 Å². The zero-order valence-corrected chi connectivity index (χ0v) is 11.9. The minimum absolute atomic E-state index is 0.0274. The zero-order valence-electron chi connectivity index (χ0n) is 11.9. The monoisotopic (exact) mass is 288 g/mol. The summed E-state index contributed by atoms with van der Waals surface area (Å²) in [7, 11) is 0. The normalized spacial score (nSPS) is 31.3. The van der Waals surface area contributed by atoms with Crippen LogP contribution in [0.15, 0.2) is 12.1 Å². The molecule has 3 N–H and O–H groups in total. The van der Waals surface area contributed by atoms with E-state index in [0.29, 0.717) is 6.54 Å². The number of phenols is 2. The van der Waals surface area contributed by atoms with Gasteiger partial charge in [-0.1, -0.05) is 0 Å². The molecule has 0 radical (unpaired) electrons. The van der Waals surface area contributed by atoms with E-state index >= 15 is 0 Å². The Bertz CT molecular complexity index is 601. The highest BCUT2D eigenvalue weighted by Crippen LogP contribution is 2.43. The summed E-state index contributed by atoms with van der Waals surface area (Å²) in [5, 5.41) is 22.9. The first-order valence-corrected chi connectivity index (χ1v) is 7.74. The van der Waals surface area contributed by atoms with Gasteiger partial charge in [0.05, 0.1) is 12.0 Å². The number of aromatic hydroxyl groups is 2. The molecule has 0 saturated carbocycles. The van der Waals surface area contributed by atoms with E-state index in [9.17, 15) is 15.0 Å². The lowest BCUT2D eigenvalue weighted by Gasteiger charge is -2.48. The number of amides is 1. The van der Waals surface area contributed by atoms with Crippen LogP contribution in [0.25, 0.3) is 0 Å². The molecular formula is C16H20N2O3. The van der Waals surface area contributed by atoms with Crippen molar-refractivity contribution in [2.75, 3.05) is 13.1 Å². The fourth-order valence-corrected chi connectivity index (χ4v) is 4.20. The third kappa shape index (κ3) is 1.91. The third-order valence-corrected chi connectivity index (χ3v) is 5.26. The molecule has 3 aliphatic rings. The molecule has 2 saturated heterocycles. The van der Waals surface area contributed by atoms with E-state index in [1.807, 2.05) is 4.90 Å². The molecule has 3 aliphatic heterocycles. The van der Waals surface area contributed by atoms with Gasteiger partial charge in [0.2, 0.25) is 5.91 Å². The average molecular weight is 288 g/mol. The standard InChI is InChI=1S/C16H20N2O3/c19-14-6-9-3-5-18-13(11(9)7-15(14)20)8-12-10(16(18)21)2-1-4-17-12/h6-7,10,12-13,17,19-20H,1-5,8H2. The zero-order chi connectivity index (χ0) is 14.6. The molecule has 3 unspecified atom stereocenters. The van der Waals surface area contributed by atoms with Gasteiger partial charge in [-0.3, -0.25) is 4.79 Å². The van der Waals surface area contributed by atoms with Crippen molar-refractivity contribution in [3.8, 4) is 11.5 Å². The summed E-state index contributed by atoms with van der Waals surface area (Å²) in [4.78, 5) is 14.7. The van der Waals surface area contributed by atoms with Gasteiger partial charge in [0.25, 0.3) is 0 Å². The van der Waals surface area contributed by atoms with Crippen molar-refractivity contribution in [2.45, 2.75) is 37.8 Å². The molecule has 5 nitrogen and oxygen atoms in total. The van der Waals surface area contributed by atoms with Crippen LogP contribution in [0.5, 0.6) is 11.5 Å². The molecule has 0 bridgehead atoms. The van der Waals surface area contributed by atoms with Crippen LogP contribution in [0.2, 0.25) is 0 Å². The van der Waals surface area contributed by atoms with Gasteiger partial charge in [-0.25, -0.2) is 0 Å². The molecular weight excluding hydrogens is 268 g/mol. The second-order valence-electron chi connectivity index (χ2n) is 6.38. The molecule has 4 rings (SSSR count). The van der Waals surface area contributed by atoms with Gasteiger partial charge in [0.1, 0.15) is 0 Å². The van der Waals surface area contributed by atoms with Crippen LogP contribution < -0.4 is 5.32 Å². The summed E-state index contributed by atoms with van der Waals surface area (Å²) >= 11 is 0. The van der Waals surface area contributed by atoms with Gasteiger partial charge in [0.15, 0.2) is 11.5 Å². The molecule has 0 spiro atoms. The molecule has 1 amide bonds. The Morgan fingerprint density at radius 3 is 2.90 bits per heavy atom. The van der Waals surface area contributed by atoms with Crippen molar-refractivity contribution >= 4 is 5.91 Å². The van der Waals surface area contributed by atoms with Gasteiger partial charge < -0.3 is 20.4 Å². The Morgan fingerprint density at radius 1 is 1.24 bits per heavy atom. The largest absolute Gasteiger partial charge is 0.504 e. The van der Waals surface area contributed by atoms with Gasteiger partial charge >= 0.3 is 0 Å². The first-order chi connectivity index (χ1) is 10.1. The molecule has 0 aliphatic carbocycles. The highest BCUT2D eigenvalue weighted by molar-refractivity contribution is 5.81. The highest BCUT2D eigenvalue weighted by Gasteiger charge is 2.45. The van der Waals surface area contributed by atoms with Crippen molar-refractivity contribution in [3.05, 3.63) is 23.3 Å². The first-order valence-electron chi connectivity index (χ1n) is 7.74. The van der Waals surface area contributed by atoms with E-state index in [4.69, 9.17) is 0 Å². The number of carbonyl (C=O) groups excluding carboxylic acids is 1. The second kappa shape index (κ2) is 4.63. The van der Waals surface area contributed by atoms with E-state index in [1.54, 1.807) is 12.1 Å². The second-order valence-corrected chi connectivity index (χ2v) is 6.38. The fourth-order valence-electron chi connectivity index (χ4n) is 4.20. The highest BCUT2D eigenvalue weighted by atomic mass is 16.3. The smallest absolute Gasteiger partial charge is 0.227 e. The number of rotatable bonds is 0. The predicted molar refractivity (Wildman–Crippen MR) is 77.1 cm³/mol. The van der Waals surface area contributed by atoms with Crippen molar-refractivity contribution in [2.24, 2.45) is 5.92 Å². The summed E-state index contributed by atoms with van der Waals surface area (Å²) < 4.78 is 0. The minimum Gasteiger partial charge on any atom is -0.504 e. The molecule has 112 valence electrons. The van der Waals surface area contributed by atoms with Crippen molar-refractivity contribution < 1.29 is 15.0 Å². The predicted octanol–water partition coefficient (Wildman–Crippen LogP) is 1.30. The molecule has 1 aromatic rings. The van der Waals surface area contributed by atoms with E-state index in [0.717, 1.165) is 43.4 Å². The number of phenolic OH excluding ortho intramolecular Hbond substituents is 2. The van der Waals surface area contributed by atoms with Gasteiger partial charge in [0, 0.05) is 12.6 Å². The molecule has 2 fully saturated rings. The van der Waals surface area contributed by atoms with E-state index in [-0.39, 0.29) is 35.4 Å². The Balaban J connectivity index is 1.73. The molecule has 1 aromatic carbocycles. The quantitative estimate of drug-likeness (QED) is 0.629. The molecule has 5 heteroatoms.